The minimum atomic E-state index is -0.0465. The predicted molar refractivity (Wildman–Crippen MR) is 96.1 cm³/mol. The SMILES string of the molecule is CN(Cc1ccsc1)C(=O)NC[C@H](c1ccco1)N1CCCCC1. The van der Waals surface area contributed by atoms with E-state index in [0.717, 1.165) is 24.4 Å². The quantitative estimate of drug-likeness (QED) is 0.866. The first-order valence-corrected chi connectivity index (χ1v) is 9.46. The third-order valence-electron chi connectivity index (χ3n) is 4.50. The number of nitrogens with one attached hydrogen (secondary N) is 1. The Kier molecular flexibility index (Phi) is 5.93. The summed E-state index contributed by atoms with van der Waals surface area (Å²) < 4.78 is 5.62. The van der Waals surface area contributed by atoms with E-state index in [1.165, 1.54) is 19.3 Å². The summed E-state index contributed by atoms with van der Waals surface area (Å²) in [6, 6.07) is 6.03. The van der Waals surface area contributed by atoms with Crippen molar-refractivity contribution in [1.29, 1.82) is 0 Å². The van der Waals surface area contributed by atoms with Crippen LogP contribution in [0.5, 0.6) is 0 Å². The van der Waals surface area contributed by atoms with Crippen LogP contribution in [-0.2, 0) is 6.54 Å². The van der Waals surface area contributed by atoms with Gasteiger partial charge in [0.25, 0.3) is 0 Å². The van der Waals surface area contributed by atoms with Crippen molar-refractivity contribution in [2.45, 2.75) is 31.8 Å². The molecular weight excluding hydrogens is 322 g/mol. The molecule has 0 unspecified atom stereocenters. The van der Waals surface area contributed by atoms with Gasteiger partial charge in [0.05, 0.1) is 12.3 Å². The van der Waals surface area contributed by atoms with E-state index >= 15 is 0 Å². The van der Waals surface area contributed by atoms with Gasteiger partial charge in [-0.1, -0.05) is 6.42 Å². The zero-order valence-corrected chi connectivity index (χ0v) is 14.9. The highest BCUT2D eigenvalue weighted by Crippen LogP contribution is 2.24. The van der Waals surface area contributed by atoms with Gasteiger partial charge in [0, 0.05) is 20.1 Å². The van der Waals surface area contributed by atoms with Crippen molar-refractivity contribution in [2.75, 3.05) is 26.7 Å². The number of carbonyl (C=O) groups is 1. The van der Waals surface area contributed by atoms with Crippen LogP contribution in [0.25, 0.3) is 0 Å². The number of hydrogen-bond acceptors (Lipinski definition) is 4. The Hall–Kier alpha value is -1.79. The zero-order valence-electron chi connectivity index (χ0n) is 14.1. The monoisotopic (exact) mass is 347 g/mol. The molecule has 0 aromatic carbocycles. The third kappa shape index (κ3) is 4.39. The van der Waals surface area contributed by atoms with E-state index in [1.807, 2.05) is 30.6 Å². The molecule has 1 saturated heterocycles. The lowest BCUT2D eigenvalue weighted by molar-refractivity contribution is 0.140. The normalized spacial score (nSPS) is 16.7. The lowest BCUT2D eigenvalue weighted by Crippen LogP contribution is -2.43. The van der Waals surface area contributed by atoms with Crippen LogP contribution in [0.2, 0.25) is 0 Å². The van der Waals surface area contributed by atoms with Crippen molar-refractivity contribution in [1.82, 2.24) is 15.1 Å². The van der Waals surface area contributed by atoms with Crippen LogP contribution in [-0.4, -0.2) is 42.5 Å². The van der Waals surface area contributed by atoms with Gasteiger partial charge in [-0.25, -0.2) is 4.79 Å². The highest BCUT2D eigenvalue weighted by molar-refractivity contribution is 7.07. The molecule has 3 rings (SSSR count). The van der Waals surface area contributed by atoms with Gasteiger partial charge in [-0.05, 0) is 60.5 Å². The molecule has 2 aromatic rings. The first-order valence-electron chi connectivity index (χ1n) is 8.51. The van der Waals surface area contributed by atoms with Gasteiger partial charge >= 0.3 is 6.03 Å². The summed E-state index contributed by atoms with van der Waals surface area (Å²) in [5, 5.41) is 7.17. The molecule has 5 nitrogen and oxygen atoms in total. The molecule has 2 aromatic heterocycles. The van der Waals surface area contributed by atoms with E-state index in [4.69, 9.17) is 4.42 Å². The number of furan rings is 1. The van der Waals surface area contributed by atoms with Crippen molar-refractivity contribution in [3.8, 4) is 0 Å². The van der Waals surface area contributed by atoms with E-state index in [0.29, 0.717) is 13.1 Å². The standard InChI is InChI=1S/C18H25N3O2S/c1-20(13-15-7-11-24-14-15)18(22)19-12-16(17-6-5-10-23-17)21-8-3-2-4-9-21/h5-7,10-11,14,16H,2-4,8-9,12-13H2,1H3,(H,19,22)/t16-/m1/s1. The first kappa shape index (κ1) is 17.0. The molecule has 130 valence electrons. The average molecular weight is 347 g/mol. The average Bonchev–Trinajstić information content (AvgIpc) is 3.30. The number of thiophene rings is 1. The second kappa shape index (κ2) is 8.35. The maximum Gasteiger partial charge on any atom is 0.317 e. The van der Waals surface area contributed by atoms with Gasteiger partial charge in [0.15, 0.2) is 0 Å². The van der Waals surface area contributed by atoms with Gasteiger partial charge in [0.2, 0.25) is 0 Å². The highest BCUT2D eigenvalue weighted by Gasteiger charge is 2.25. The van der Waals surface area contributed by atoms with Crippen molar-refractivity contribution in [3.05, 3.63) is 46.5 Å². The van der Waals surface area contributed by atoms with Crippen LogP contribution in [0.15, 0.2) is 39.6 Å². The number of rotatable bonds is 6. The summed E-state index contributed by atoms with van der Waals surface area (Å²) >= 11 is 1.65. The fourth-order valence-electron chi connectivity index (χ4n) is 3.17. The molecule has 1 aliphatic rings. The molecule has 0 aliphatic carbocycles. The number of amides is 2. The number of piperidine rings is 1. The molecule has 0 spiro atoms. The van der Waals surface area contributed by atoms with Crippen molar-refractivity contribution in [3.63, 3.8) is 0 Å². The van der Waals surface area contributed by atoms with E-state index < -0.39 is 0 Å². The molecule has 0 radical (unpaired) electrons. The Labute approximate surface area is 147 Å². The second-order valence-electron chi connectivity index (χ2n) is 6.30. The van der Waals surface area contributed by atoms with Gasteiger partial charge in [0.1, 0.15) is 5.76 Å². The Bertz CT molecular complexity index is 606. The van der Waals surface area contributed by atoms with E-state index in [9.17, 15) is 4.79 Å². The Balaban J connectivity index is 1.57. The lowest BCUT2D eigenvalue weighted by atomic mass is 10.1. The fraction of sp³-hybridized carbons (Fsp3) is 0.500. The van der Waals surface area contributed by atoms with Crippen LogP contribution in [0.3, 0.4) is 0 Å². The number of hydrogen-bond donors (Lipinski definition) is 1. The summed E-state index contributed by atoms with van der Waals surface area (Å²) in [4.78, 5) is 16.5. The minimum Gasteiger partial charge on any atom is -0.468 e. The summed E-state index contributed by atoms with van der Waals surface area (Å²) in [5.41, 5.74) is 1.16. The largest absolute Gasteiger partial charge is 0.468 e. The molecular formula is C18H25N3O2S. The molecule has 1 atom stereocenters. The Morgan fingerprint density at radius 1 is 1.38 bits per heavy atom. The molecule has 6 heteroatoms. The fourth-order valence-corrected chi connectivity index (χ4v) is 3.83. The van der Waals surface area contributed by atoms with Gasteiger partial charge in [-0.15, -0.1) is 0 Å². The molecule has 1 fully saturated rings. The van der Waals surface area contributed by atoms with Crippen LogP contribution < -0.4 is 5.32 Å². The molecule has 1 N–H and O–H groups in total. The molecule has 1 aliphatic heterocycles. The Morgan fingerprint density at radius 3 is 2.88 bits per heavy atom. The minimum absolute atomic E-state index is 0.0465. The van der Waals surface area contributed by atoms with Crippen molar-refractivity contribution >= 4 is 17.4 Å². The van der Waals surface area contributed by atoms with Gasteiger partial charge in [-0.3, -0.25) is 4.90 Å². The maximum absolute atomic E-state index is 12.4. The second-order valence-corrected chi connectivity index (χ2v) is 7.08. The van der Waals surface area contributed by atoms with E-state index in [1.54, 1.807) is 22.5 Å². The predicted octanol–water partition coefficient (Wildman–Crippen LogP) is 3.71. The molecule has 2 amide bonds. The molecule has 0 saturated carbocycles. The Morgan fingerprint density at radius 2 is 2.21 bits per heavy atom. The van der Waals surface area contributed by atoms with Crippen LogP contribution >= 0.6 is 11.3 Å². The first-order chi connectivity index (χ1) is 11.7. The lowest BCUT2D eigenvalue weighted by Gasteiger charge is -2.33. The van der Waals surface area contributed by atoms with Crippen LogP contribution in [0.1, 0.15) is 36.6 Å². The van der Waals surface area contributed by atoms with Gasteiger partial charge in [-0.2, -0.15) is 11.3 Å². The smallest absolute Gasteiger partial charge is 0.317 e. The topological polar surface area (TPSA) is 48.7 Å². The molecule has 0 bridgehead atoms. The molecule has 3 heterocycles. The van der Waals surface area contributed by atoms with E-state index in [2.05, 4.69) is 15.6 Å². The zero-order chi connectivity index (χ0) is 16.8. The number of urea groups is 1. The van der Waals surface area contributed by atoms with E-state index in [-0.39, 0.29) is 12.1 Å². The summed E-state index contributed by atoms with van der Waals surface area (Å²) in [5.74, 6) is 0.928. The summed E-state index contributed by atoms with van der Waals surface area (Å²) in [6.07, 6.45) is 5.42. The van der Waals surface area contributed by atoms with Crippen molar-refractivity contribution in [2.24, 2.45) is 0 Å². The number of nitrogens with zero attached hydrogens (tertiary/aromatic N) is 2. The summed E-state index contributed by atoms with van der Waals surface area (Å²) in [7, 11) is 1.83. The summed E-state index contributed by atoms with van der Waals surface area (Å²) in [6.45, 7) is 3.32. The maximum atomic E-state index is 12.4. The number of carbonyl (C=O) groups excluding carboxylic acids is 1. The van der Waals surface area contributed by atoms with Crippen LogP contribution in [0, 0.1) is 0 Å². The van der Waals surface area contributed by atoms with Gasteiger partial charge < -0.3 is 14.6 Å². The highest BCUT2D eigenvalue weighted by atomic mass is 32.1. The van der Waals surface area contributed by atoms with Crippen molar-refractivity contribution < 1.29 is 9.21 Å². The third-order valence-corrected chi connectivity index (χ3v) is 5.23. The van der Waals surface area contributed by atoms with Crippen LogP contribution in [0.4, 0.5) is 4.79 Å². The molecule has 24 heavy (non-hydrogen) atoms. The number of likely N-dealkylation sites (tertiary alicyclic amines) is 1.